The first-order chi connectivity index (χ1) is 9.22. The monoisotopic (exact) mass is 261 g/mol. The lowest BCUT2D eigenvalue weighted by atomic mass is 9.84. The normalized spacial score (nSPS) is 23.1. The SMILES string of the molecule is CCOc1ccc(NC2CCC(CC)CC2)c(C)c1. The van der Waals surface area contributed by atoms with Crippen molar-refractivity contribution in [2.24, 2.45) is 5.92 Å². The van der Waals surface area contributed by atoms with Crippen molar-refractivity contribution in [2.75, 3.05) is 11.9 Å². The maximum atomic E-state index is 5.53. The molecule has 0 aliphatic heterocycles. The molecule has 19 heavy (non-hydrogen) atoms. The molecule has 1 aromatic rings. The molecule has 1 saturated carbocycles. The summed E-state index contributed by atoms with van der Waals surface area (Å²) in [7, 11) is 0. The molecule has 0 radical (unpaired) electrons. The molecule has 0 saturated heterocycles. The van der Waals surface area contributed by atoms with Crippen LogP contribution in [0, 0.1) is 12.8 Å². The van der Waals surface area contributed by atoms with E-state index in [-0.39, 0.29) is 0 Å². The first-order valence-electron chi connectivity index (χ1n) is 7.72. The van der Waals surface area contributed by atoms with Gasteiger partial charge in [0.15, 0.2) is 0 Å². The average Bonchev–Trinajstić information content (AvgIpc) is 2.43. The zero-order valence-corrected chi connectivity index (χ0v) is 12.5. The van der Waals surface area contributed by atoms with Crippen LogP contribution in [0.15, 0.2) is 18.2 Å². The quantitative estimate of drug-likeness (QED) is 0.824. The van der Waals surface area contributed by atoms with Crippen LogP contribution in [0.3, 0.4) is 0 Å². The minimum Gasteiger partial charge on any atom is -0.494 e. The van der Waals surface area contributed by atoms with Crippen molar-refractivity contribution in [3.8, 4) is 5.75 Å². The Morgan fingerprint density at radius 1 is 1.16 bits per heavy atom. The number of nitrogens with one attached hydrogen (secondary N) is 1. The fourth-order valence-corrected chi connectivity index (χ4v) is 2.99. The van der Waals surface area contributed by atoms with Crippen LogP contribution in [-0.4, -0.2) is 12.6 Å². The third-order valence-corrected chi connectivity index (χ3v) is 4.29. The van der Waals surface area contributed by atoms with E-state index in [1.165, 1.54) is 43.4 Å². The molecule has 2 rings (SSSR count). The molecule has 0 unspecified atom stereocenters. The van der Waals surface area contributed by atoms with Crippen LogP contribution in [0.2, 0.25) is 0 Å². The number of ether oxygens (including phenoxy) is 1. The smallest absolute Gasteiger partial charge is 0.119 e. The van der Waals surface area contributed by atoms with Gasteiger partial charge < -0.3 is 10.1 Å². The molecule has 2 heteroatoms. The first kappa shape index (κ1) is 14.2. The highest BCUT2D eigenvalue weighted by Gasteiger charge is 2.20. The Hall–Kier alpha value is -1.18. The second-order valence-electron chi connectivity index (χ2n) is 5.68. The third-order valence-electron chi connectivity index (χ3n) is 4.29. The summed E-state index contributed by atoms with van der Waals surface area (Å²) >= 11 is 0. The van der Waals surface area contributed by atoms with Gasteiger partial charge in [-0.15, -0.1) is 0 Å². The van der Waals surface area contributed by atoms with Gasteiger partial charge in [-0.2, -0.15) is 0 Å². The summed E-state index contributed by atoms with van der Waals surface area (Å²) in [5.74, 6) is 1.93. The Balaban J connectivity index is 1.92. The van der Waals surface area contributed by atoms with Crippen LogP contribution in [0.25, 0.3) is 0 Å². The minimum absolute atomic E-state index is 0.652. The molecule has 0 bridgehead atoms. The Bertz CT molecular complexity index is 394. The molecule has 1 aromatic carbocycles. The van der Waals surface area contributed by atoms with Gasteiger partial charge in [0.05, 0.1) is 6.61 Å². The van der Waals surface area contributed by atoms with E-state index >= 15 is 0 Å². The summed E-state index contributed by atoms with van der Waals surface area (Å²) in [5, 5.41) is 3.71. The Morgan fingerprint density at radius 2 is 1.89 bits per heavy atom. The van der Waals surface area contributed by atoms with E-state index < -0.39 is 0 Å². The second-order valence-corrected chi connectivity index (χ2v) is 5.68. The van der Waals surface area contributed by atoms with Gasteiger partial charge in [0.25, 0.3) is 0 Å². The van der Waals surface area contributed by atoms with Gasteiger partial charge in [0.2, 0.25) is 0 Å². The van der Waals surface area contributed by atoms with E-state index in [9.17, 15) is 0 Å². The number of aryl methyl sites for hydroxylation is 1. The molecule has 0 aromatic heterocycles. The van der Waals surface area contributed by atoms with Crippen LogP contribution in [0.4, 0.5) is 5.69 Å². The van der Waals surface area contributed by atoms with E-state index in [0.29, 0.717) is 6.04 Å². The van der Waals surface area contributed by atoms with Gasteiger partial charge in [-0.05, 0) is 69.2 Å². The van der Waals surface area contributed by atoms with Crippen LogP contribution >= 0.6 is 0 Å². The molecule has 1 fully saturated rings. The summed E-state index contributed by atoms with van der Waals surface area (Å²) in [5.41, 5.74) is 2.55. The third kappa shape index (κ3) is 3.89. The average molecular weight is 261 g/mol. The van der Waals surface area contributed by atoms with Crippen molar-refractivity contribution in [3.05, 3.63) is 23.8 Å². The number of hydrogen-bond donors (Lipinski definition) is 1. The minimum atomic E-state index is 0.652. The van der Waals surface area contributed by atoms with Crippen LogP contribution in [0.1, 0.15) is 51.5 Å². The van der Waals surface area contributed by atoms with Crippen molar-refractivity contribution >= 4 is 5.69 Å². The highest BCUT2D eigenvalue weighted by atomic mass is 16.5. The second kappa shape index (κ2) is 6.83. The van der Waals surface area contributed by atoms with Gasteiger partial charge >= 0.3 is 0 Å². The number of hydrogen-bond acceptors (Lipinski definition) is 2. The standard InChI is InChI=1S/C17H27NO/c1-4-14-6-8-15(9-7-14)18-17-11-10-16(19-5-2)12-13(17)3/h10-12,14-15,18H,4-9H2,1-3H3. The van der Waals surface area contributed by atoms with E-state index in [2.05, 4.69) is 37.4 Å². The first-order valence-corrected chi connectivity index (χ1v) is 7.72. The maximum absolute atomic E-state index is 5.53. The topological polar surface area (TPSA) is 21.3 Å². The summed E-state index contributed by atoms with van der Waals surface area (Å²) in [6.45, 7) is 7.22. The lowest BCUT2D eigenvalue weighted by Gasteiger charge is -2.29. The molecule has 106 valence electrons. The molecule has 0 atom stereocenters. The summed E-state index contributed by atoms with van der Waals surface area (Å²) in [4.78, 5) is 0. The number of rotatable bonds is 5. The maximum Gasteiger partial charge on any atom is 0.119 e. The highest BCUT2D eigenvalue weighted by Crippen LogP contribution is 2.30. The number of benzene rings is 1. The largest absolute Gasteiger partial charge is 0.494 e. The van der Waals surface area contributed by atoms with Crippen molar-refractivity contribution in [2.45, 2.75) is 58.9 Å². The van der Waals surface area contributed by atoms with Crippen molar-refractivity contribution in [1.29, 1.82) is 0 Å². The summed E-state index contributed by atoms with van der Waals surface area (Å²) in [6.07, 6.45) is 6.72. The van der Waals surface area contributed by atoms with Crippen molar-refractivity contribution in [3.63, 3.8) is 0 Å². The molecular formula is C17H27NO. The van der Waals surface area contributed by atoms with E-state index in [4.69, 9.17) is 4.74 Å². The zero-order valence-electron chi connectivity index (χ0n) is 12.5. The number of anilines is 1. The van der Waals surface area contributed by atoms with E-state index in [1.807, 2.05) is 6.92 Å². The molecule has 0 amide bonds. The van der Waals surface area contributed by atoms with Gasteiger partial charge in [-0.25, -0.2) is 0 Å². The predicted octanol–water partition coefficient (Wildman–Crippen LogP) is 4.77. The van der Waals surface area contributed by atoms with Gasteiger partial charge in [0.1, 0.15) is 5.75 Å². The lowest BCUT2D eigenvalue weighted by Crippen LogP contribution is -2.26. The molecule has 1 aliphatic carbocycles. The molecule has 1 aliphatic rings. The van der Waals surface area contributed by atoms with Gasteiger partial charge in [-0.3, -0.25) is 0 Å². The highest BCUT2D eigenvalue weighted by molar-refractivity contribution is 5.54. The Kier molecular flexibility index (Phi) is 5.12. The molecule has 2 nitrogen and oxygen atoms in total. The fourth-order valence-electron chi connectivity index (χ4n) is 2.99. The predicted molar refractivity (Wildman–Crippen MR) is 82.0 cm³/mol. The fraction of sp³-hybridized carbons (Fsp3) is 0.647. The van der Waals surface area contributed by atoms with E-state index in [1.54, 1.807) is 0 Å². The van der Waals surface area contributed by atoms with Crippen LogP contribution < -0.4 is 10.1 Å². The van der Waals surface area contributed by atoms with E-state index in [0.717, 1.165) is 18.3 Å². The lowest BCUT2D eigenvalue weighted by molar-refractivity contribution is 0.330. The Labute approximate surface area is 117 Å². The summed E-state index contributed by atoms with van der Waals surface area (Å²) < 4.78 is 5.53. The molecule has 0 spiro atoms. The van der Waals surface area contributed by atoms with Gasteiger partial charge in [-0.1, -0.05) is 13.3 Å². The zero-order chi connectivity index (χ0) is 13.7. The molecule has 0 heterocycles. The molecular weight excluding hydrogens is 234 g/mol. The van der Waals surface area contributed by atoms with Gasteiger partial charge in [0, 0.05) is 11.7 Å². The van der Waals surface area contributed by atoms with Crippen molar-refractivity contribution in [1.82, 2.24) is 0 Å². The van der Waals surface area contributed by atoms with Crippen LogP contribution in [0.5, 0.6) is 5.75 Å². The Morgan fingerprint density at radius 3 is 2.47 bits per heavy atom. The molecule has 1 N–H and O–H groups in total. The van der Waals surface area contributed by atoms with Crippen molar-refractivity contribution < 1.29 is 4.74 Å². The summed E-state index contributed by atoms with van der Waals surface area (Å²) in [6, 6.07) is 7.01. The van der Waals surface area contributed by atoms with Crippen LogP contribution in [-0.2, 0) is 0 Å².